The van der Waals surface area contributed by atoms with Crippen LogP contribution in [0.1, 0.15) is 6.23 Å². The van der Waals surface area contributed by atoms with Crippen LogP contribution in [0.15, 0.2) is 12.7 Å². The minimum Gasteiger partial charge on any atom is -0.388 e. The van der Waals surface area contributed by atoms with Crippen LogP contribution in [0.25, 0.3) is 11.2 Å². The monoisotopic (exact) mass is 267 g/mol. The molecule has 0 unspecified atom stereocenters. The van der Waals surface area contributed by atoms with Crippen LogP contribution in [-0.2, 0) is 4.74 Å². The third kappa shape index (κ3) is 1.83. The van der Waals surface area contributed by atoms with Crippen molar-refractivity contribution in [2.75, 3.05) is 12.3 Å². The van der Waals surface area contributed by atoms with Gasteiger partial charge in [-0.05, 0) is 0 Å². The lowest BCUT2D eigenvalue weighted by Crippen LogP contribution is -2.50. The molecule has 3 rings (SSSR count). The Hall–Kier alpha value is -1.81. The largest absolute Gasteiger partial charge is 0.388 e. The molecule has 3 heterocycles. The first-order chi connectivity index (χ1) is 9.09. The summed E-state index contributed by atoms with van der Waals surface area (Å²) in [4.78, 5) is 11.9. The van der Waals surface area contributed by atoms with Crippen molar-refractivity contribution < 1.29 is 20.1 Å². The molecule has 0 amide bonds. The van der Waals surface area contributed by atoms with Crippen LogP contribution in [0.4, 0.5) is 5.82 Å². The number of anilines is 1. The lowest BCUT2D eigenvalue weighted by molar-refractivity contribution is -0.210. The quantitative estimate of drug-likeness (QED) is 0.466. The zero-order valence-electron chi connectivity index (χ0n) is 9.79. The van der Waals surface area contributed by atoms with E-state index in [-0.39, 0.29) is 12.4 Å². The summed E-state index contributed by atoms with van der Waals surface area (Å²) in [6.45, 7) is -0.0941. The Bertz CT molecular complexity index is 603. The standard InChI is InChI=1S/C10H13N5O4/c11-8-5-9(13-2-12-8)15(3-14-5)10-7(18)6(17)4(16)1-19-10/h2-4,6-7,10,16-18H,1H2,(H2,11,12,13)/t4-,6+,7-,10+/m1/s1. The molecule has 2 aromatic rings. The summed E-state index contributed by atoms with van der Waals surface area (Å²) in [5.41, 5.74) is 6.44. The number of imidazole rings is 1. The Morgan fingerprint density at radius 3 is 2.79 bits per heavy atom. The van der Waals surface area contributed by atoms with Gasteiger partial charge in [0.2, 0.25) is 0 Å². The molecule has 1 aliphatic rings. The maximum absolute atomic E-state index is 9.95. The Balaban J connectivity index is 2.03. The second-order valence-corrected chi connectivity index (χ2v) is 4.36. The number of ether oxygens (including phenoxy) is 1. The van der Waals surface area contributed by atoms with E-state index >= 15 is 0 Å². The molecule has 19 heavy (non-hydrogen) atoms. The normalized spacial score (nSPS) is 31.7. The van der Waals surface area contributed by atoms with Gasteiger partial charge in [-0.1, -0.05) is 0 Å². The van der Waals surface area contributed by atoms with Gasteiger partial charge >= 0.3 is 0 Å². The summed E-state index contributed by atoms with van der Waals surface area (Å²) in [5.74, 6) is 0.217. The number of nitrogen functional groups attached to an aromatic ring is 1. The van der Waals surface area contributed by atoms with Gasteiger partial charge in [-0.15, -0.1) is 0 Å². The molecule has 9 heteroatoms. The first-order valence-corrected chi connectivity index (χ1v) is 5.68. The lowest BCUT2D eigenvalue weighted by atomic mass is 10.0. The van der Waals surface area contributed by atoms with E-state index in [0.717, 1.165) is 0 Å². The predicted molar refractivity (Wildman–Crippen MR) is 62.7 cm³/mol. The van der Waals surface area contributed by atoms with Crippen LogP contribution < -0.4 is 5.73 Å². The second-order valence-electron chi connectivity index (χ2n) is 4.36. The van der Waals surface area contributed by atoms with E-state index in [1.54, 1.807) is 0 Å². The van der Waals surface area contributed by atoms with Gasteiger partial charge in [0.25, 0.3) is 0 Å². The van der Waals surface area contributed by atoms with Crippen LogP contribution in [0.3, 0.4) is 0 Å². The third-order valence-electron chi connectivity index (χ3n) is 3.14. The molecule has 0 aromatic carbocycles. The number of hydrogen-bond donors (Lipinski definition) is 4. The molecular formula is C10H13N5O4. The summed E-state index contributed by atoms with van der Waals surface area (Å²) >= 11 is 0. The maximum atomic E-state index is 9.95. The Kier molecular flexibility index (Phi) is 2.82. The molecule has 9 nitrogen and oxygen atoms in total. The second kappa shape index (κ2) is 4.38. The van der Waals surface area contributed by atoms with Crippen molar-refractivity contribution in [3.05, 3.63) is 12.7 Å². The van der Waals surface area contributed by atoms with Crippen molar-refractivity contribution in [3.8, 4) is 0 Å². The molecule has 0 spiro atoms. The maximum Gasteiger partial charge on any atom is 0.167 e. The minimum absolute atomic E-state index is 0.0941. The number of aliphatic hydroxyl groups excluding tert-OH is 3. The van der Waals surface area contributed by atoms with Crippen LogP contribution in [-0.4, -0.2) is 59.8 Å². The smallest absolute Gasteiger partial charge is 0.167 e. The number of aromatic nitrogens is 4. The third-order valence-corrected chi connectivity index (χ3v) is 3.14. The number of nitrogens with zero attached hydrogens (tertiary/aromatic N) is 4. The first-order valence-electron chi connectivity index (χ1n) is 5.68. The summed E-state index contributed by atoms with van der Waals surface area (Å²) in [6.07, 6.45) is -1.93. The van der Waals surface area contributed by atoms with Gasteiger partial charge in [-0.25, -0.2) is 15.0 Å². The summed E-state index contributed by atoms with van der Waals surface area (Å²) in [7, 11) is 0. The molecule has 0 bridgehead atoms. The highest BCUT2D eigenvalue weighted by molar-refractivity contribution is 5.81. The summed E-state index contributed by atoms with van der Waals surface area (Å²) < 4.78 is 6.78. The molecule has 1 aliphatic heterocycles. The molecule has 0 aliphatic carbocycles. The molecule has 4 atom stereocenters. The van der Waals surface area contributed by atoms with E-state index in [2.05, 4.69) is 15.0 Å². The molecule has 5 N–H and O–H groups in total. The zero-order chi connectivity index (χ0) is 13.6. The van der Waals surface area contributed by atoms with Gasteiger partial charge in [-0.2, -0.15) is 0 Å². The van der Waals surface area contributed by atoms with E-state index in [1.165, 1.54) is 17.2 Å². The lowest BCUT2D eigenvalue weighted by Gasteiger charge is -2.35. The van der Waals surface area contributed by atoms with Gasteiger partial charge in [0.15, 0.2) is 17.7 Å². The average Bonchev–Trinajstić information content (AvgIpc) is 2.82. The number of hydrogen-bond acceptors (Lipinski definition) is 8. The van der Waals surface area contributed by atoms with Crippen LogP contribution in [0.2, 0.25) is 0 Å². The molecule has 0 radical (unpaired) electrons. The fourth-order valence-corrected chi connectivity index (χ4v) is 2.09. The van der Waals surface area contributed by atoms with Gasteiger partial charge in [0.1, 0.15) is 30.2 Å². The highest BCUT2D eigenvalue weighted by atomic mass is 16.5. The highest BCUT2D eigenvalue weighted by Gasteiger charge is 2.39. The topological polar surface area (TPSA) is 140 Å². The molecule has 102 valence electrons. The number of nitrogens with two attached hydrogens (primary N) is 1. The van der Waals surface area contributed by atoms with Gasteiger partial charge in [-0.3, -0.25) is 4.57 Å². The van der Waals surface area contributed by atoms with Crippen LogP contribution in [0, 0.1) is 0 Å². The number of rotatable bonds is 1. The van der Waals surface area contributed by atoms with Crippen LogP contribution in [0.5, 0.6) is 0 Å². The van der Waals surface area contributed by atoms with E-state index in [4.69, 9.17) is 10.5 Å². The van der Waals surface area contributed by atoms with Crippen molar-refractivity contribution in [1.29, 1.82) is 0 Å². The van der Waals surface area contributed by atoms with Crippen molar-refractivity contribution >= 4 is 17.0 Å². The van der Waals surface area contributed by atoms with Gasteiger partial charge < -0.3 is 25.8 Å². The van der Waals surface area contributed by atoms with Crippen molar-refractivity contribution in [2.24, 2.45) is 0 Å². The molecule has 2 aromatic heterocycles. The van der Waals surface area contributed by atoms with E-state index < -0.39 is 24.5 Å². The number of aliphatic hydroxyl groups is 3. The van der Waals surface area contributed by atoms with Crippen molar-refractivity contribution in [2.45, 2.75) is 24.5 Å². The fraction of sp³-hybridized carbons (Fsp3) is 0.500. The number of fused-ring (bicyclic) bond motifs is 1. The minimum atomic E-state index is -1.30. The molecular weight excluding hydrogens is 254 g/mol. The van der Waals surface area contributed by atoms with Crippen molar-refractivity contribution in [1.82, 2.24) is 19.5 Å². The van der Waals surface area contributed by atoms with Crippen molar-refractivity contribution in [3.63, 3.8) is 0 Å². The van der Waals surface area contributed by atoms with Crippen LogP contribution >= 0.6 is 0 Å². The Labute approximate surface area is 107 Å². The van der Waals surface area contributed by atoms with Gasteiger partial charge in [0, 0.05) is 0 Å². The Morgan fingerprint density at radius 1 is 1.21 bits per heavy atom. The summed E-state index contributed by atoms with van der Waals surface area (Å²) in [5, 5.41) is 29.0. The van der Waals surface area contributed by atoms with E-state index in [9.17, 15) is 15.3 Å². The van der Waals surface area contributed by atoms with E-state index in [1.807, 2.05) is 0 Å². The predicted octanol–water partition coefficient (Wildman–Crippen LogP) is -1.98. The van der Waals surface area contributed by atoms with Gasteiger partial charge in [0.05, 0.1) is 12.9 Å². The van der Waals surface area contributed by atoms with E-state index in [0.29, 0.717) is 11.2 Å². The zero-order valence-corrected chi connectivity index (χ0v) is 9.79. The molecule has 1 fully saturated rings. The summed E-state index contributed by atoms with van der Waals surface area (Å²) in [6, 6.07) is 0. The molecule has 0 saturated carbocycles. The molecule has 1 saturated heterocycles. The Morgan fingerprint density at radius 2 is 2.00 bits per heavy atom. The first kappa shape index (κ1) is 12.2. The highest BCUT2D eigenvalue weighted by Crippen LogP contribution is 2.27. The fourth-order valence-electron chi connectivity index (χ4n) is 2.09. The SMILES string of the molecule is Nc1ncnc2c1ncn2[C@H]1OC[C@@H](O)[C@H](O)[C@H]1O. The average molecular weight is 267 g/mol.